The van der Waals surface area contributed by atoms with Crippen molar-refractivity contribution in [3.05, 3.63) is 29.8 Å². The molecule has 0 fully saturated rings. The van der Waals surface area contributed by atoms with Crippen LogP contribution in [0.5, 0.6) is 5.75 Å². The molecule has 102 valence electrons. The number of hydrogen-bond donors (Lipinski definition) is 1. The SMILES string of the molecule is Cc1ccccc1OCCN(C)C(=O)[C@H](C)N.Cl. The second-order valence-corrected chi connectivity index (χ2v) is 4.16. The van der Waals surface area contributed by atoms with E-state index in [-0.39, 0.29) is 18.3 Å². The summed E-state index contributed by atoms with van der Waals surface area (Å²) in [5.41, 5.74) is 6.60. The van der Waals surface area contributed by atoms with E-state index < -0.39 is 6.04 Å². The van der Waals surface area contributed by atoms with Gasteiger partial charge in [-0.15, -0.1) is 12.4 Å². The molecule has 0 aliphatic carbocycles. The minimum Gasteiger partial charge on any atom is -0.491 e. The normalized spacial score (nSPS) is 11.3. The summed E-state index contributed by atoms with van der Waals surface area (Å²) < 4.78 is 5.60. The zero-order valence-electron chi connectivity index (χ0n) is 11.1. The maximum absolute atomic E-state index is 11.5. The lowest BCUT2D eigenvalue weighted by Crippen LogP contribution is -2.41. The summed E-state index contributed by atoms with van der Waals surface area (Å²) in [6, 6.07) is 7.35. The molecule has 0 aliphatic rings. The summed E-state index contributed by atoms with van der Waals surface area (Å²) in [5.74, 6) is 0.785. The van der Waals surface area contributed by atoms with Gasteiger partial charge >= 0.3 is 0 Å². The van der Waals surface area contributed by atoms with E-state index in [0.717, 1.165) is 11.3 Å². The second kappa shape index (κ2) is 7.95. The van der Waals surface area contributed by atoms with Gasteiger partial charge in [0.05, 0.1) is 12.6 Å². The van der Waals surface area contributed by atoms with Gasteiger partial charge in [-0.3, -0.25) is 4.79 Å². The third-order valence-electron chi connectivity index (χ3n) is 2.54. The number of rotatable bonds is 5. The smallest absolute Gasteiger partial charge is 0.239 e. The van der Waals surface area contributed by atoms with Gasteiger partial charge in [-0.25, -0.2) is 0 Å². The third-order valence-corrected chi connectivity index (χ3v) is 2.54. The molecule has 0 aromatic heterocycles. The molecule has 2 N–H and O–H groups in total. The Bertz CT molecular complexity index is 383. The highest BCUT2D eigenvalue weighted by molar-refractivity contribution is 5.85. The summed E-state index contributed by atoms with van der Waals surface area (Å²) in [4.78, 5) is 13.1. The molecule has 18 heavy (non-hydrogen) atoms. The number of carbonyl (C=O) groups excluding carboxylic acids is 1. The molecule has 1 aromatic rings. The molecule has 5 heteroatoms. The van der Waals surface area contributed by atoms with E-state index in [0.29, 0.717) is 13.2 Å². The average molecular weight is 273 g/mol. The van der Waals surface area contributed by atoms with Crippen molar-refractivity contribution in [3.8, 4) is 5.75 Å². The van der Waals surface area contributed by atoms with Gasteiger partial charge in [-0.1, -0.05) is 18.2 Å². The van der Waals surface area contributed by atoms with Crippen LogP contribution < -0.4 is 10.5 Å². The van der Waals surface area contributed by atoms with Crippen LogP contribution in [-0.2, 0) is 4.79 Å². The predicted molar refractivity (Wildman–Crippen MR) is 75.2 cm³/mol. The molecule has 0 aliphatic heterocycles. The lowest BCUT2D eigenvalue weighted by atomic mass is 10.2. The van der Waals surface area contributed by atoms with E-state index in [1.54, 1.807) is 18.9 Å². The largest absolute Gasteiger partial charge is 0.491 e. The highest BCUT2D eigenvalue weighted by atomic mass is 35.5. The molecule has 0 saturated carbocycles. The minimum absolute atomic E-state index is 0. The van der Waals surface area contributed by atoms with Crippen LogP contribution in [0.15, 0.2) is 24.3 Å². The number of likely N-dealkylation sites (N-methyl/N-ethyl adjacent to an activating group) is 1. The average Bonchev–Trinajstić information content (AvgIpc) is 2.30. The zero-order chi connectivity index (χ0) is 12.8. The number of benzene rings is 1. The Morgan fingerprint density at radius 2 is 2.06 bits per heavy atom. The van der Waals surface area contributed by atoms with Crippen LogP contribution in [-0.4, -0.2) is 37.0 Å². The fraction of sp³-hybridized carbons (Fsp3) is 0.462. The lowest BCUT2D eigenvalue weighted by Gasteiger charge is -2.19. The Morgan fingerprint density at radius 3 is 2.61 bits per heavy atom. The maximum atomic E-state index is 11.5. The molecule has 4 nitrogen and oxygen atoms in total. The summed E-state index contributed by atoms with van der Waals surface area (Å²) in [6.07, 6.45) is 0. The molecule has 0 saturated heterocycles. The van der Waals surface area contributed by atoms with Crippen molar-refractivity contribution in [3.63, 3.8) is 0 Å². The summed E-state index contributed by atoms with van der Waals surface area (Å²) in [6.45, 7) is 4.68. The van der Waals surface area contributed by atoms with Gasteiger partial charge in [0.25, 0.3) is 0 Å². The number of ether oxygens (including phenoxy) is 1. The fourth-order valence-corrected chi connectivity index (χ4v) is 1.47. The first-order valence-corrected chi connectivity index (χ1v) is 5.71. The number of halogens is 1. The van der Waals surface area contributed by atoms with Crippen LogP contribution >= 0.6 is 12.4 Å². The molecule has 1 rings (SSSR count). The van der Waals surface area contributed by atoms with E-state index in [2.05, 4.69) is 0 Å². The highest BCUT2D eigenvalue weighted by Crippen LogP contribution is 2.15. The first-order chi connectivity index (χ1) is 8.02. The fourth-order valence-electron chi connectivity index (χ4n) is 1.47. The first kappa shape index (κ1) is 16.7. The first-order valence-electron chi connectivity index (χ1n) is 5.71. The Labute approximate surface area is 115 Å². The van der Waals surface area contributed by atoms with Crippen LogP contribution in [0.2, 0.25) is 0 Å². The van der Waals surface area contributed by atoms with Gasteiger partial charge in [-0.05, 0) is 25.5 Å². The van der Waals surface area contributed by atoms with E-state index in [4.69, 9.17) is 10.5 Å². The molecule has 1 amide bonds. The lowest BCUT2D eigenvalue weighted by molar-refractivity contribution is -0.131. The van der Waals surface area contributed by atoms with Gasteiger partial charge in [-0.2, -0.15) is 0 Å². The molecule has 0 bridgehead atoms. The number of hydrogen-bond acceptors (Lipinski definition) is 3. The zero-order valence-corrected chi connectivity index (χ0v) is 11.9. The van der Waals surface area contributed by atoms with Gasteiger partial charge < -0.3 is 15.4 Å². The molecular formula is C13H21ClN2O2. The molecule has 0 radical (unpaired) electrons. The van der Waals surface area contributed by atoms with Gasteiger partial charge in [0.15, 0.2) is 0 Å². The minimum atomic E-state index is -0.460. The van der Waals surface area contributed by atoms with E-state index in [1.807, 2.05) is 31.2 Å². The Morgan fingerprint density at radius 1 is 1.44 bits per heavy atom. The van der Waals surface area contributed by atoms with Crippen molar-refractivity contribution in [2.75, 3.05) is 20.2 Å². The number of carbonyl (C=O) groups is 1. The second-order valence-electron chi connectivity index (χ2n) is 4.16. The van der Waals surface area contributed by atoms with Crippen LogP contribution in [0.1, 0.15) is 12.5 Å². The number of nitrogens with two attached hydrogens (primary N) is 1. The predicted octanol–water partition coefficient (Wildman–Crippen LogP) is 1.60. The van der Waals surface area contributed by atoms with Gasteiger partial charge in [0.1, 0.15) is 12.4 Å². The summed E-state index contributed by atoms with van der Waals surface area (Å²) in [7, 11) is 1.73. The van der Waals surface area contributed by atoms with Crippen LogP contribution in [0.4, 0.5) is 0 Å². The van der Waals surface area contributed by atoms with Crippen molar-refractivity contribution in [1.29, 1.82) is 0 Å². The Kier molecular flexibility index (Phi) is 7.39. The number of nitrogens with zero attached hydrogens (tertiary/aromatic N) is 1. The highest BCUT2D eigenvalue weighted by Gasteiger charge is 2.12. The maximum Gasteiger partial charge on any atom is 0.239 e. The van der Waals surface area contributed by atoms with Crippen LogP contribution in [0.3, 0.4) is 0 Å². The van der Waals surface area contributed by atoms with Gasteiger partial charge in [0, 0.05) is 7.05 Å². The monoisotopic (exact) mass is 272 g/mol. The van der Waals surface area contributed by atoms with E-state index in [9.17, 15) is 4.79 Å². The number of para-hydroxylation sites is 1. The van der Waals surface area contributed by atoms with Crippen LogP contribution in [0, 0.1) is 6.92 Å². The summed E-state index contributed by atoms with van der Waals surface area (Å²) in [5, 5.41) is 0. The Hall–Kier alpha value is -1.26. The van der Waals surface area contributed by atoms with Crippen molar-refractivity contribution in [2.45, 2.75) is 19.9 Å². The molecule has 1 atom stereocenters. The van der Waals surface area contributed by atoms with Crippen molar-refractivity contribution < 1.29 is 9.53 Å². The number of aryl methyl sites for hydroxylation is 1. The Balaban J connectivity index is 0.00000289. The standard InChI is InChI=1S/C13H20N2O2.ClH/c1-10-6-4-5-7-12(10)17-9-8-15(3)13(16)11(2)14;/h4-7,11H,8-9,14H2,1-3H3;1H/t11-;/m0./s1. The van der Waals surface area contributed by atoms with Crippen molar-refractivity contribution in [1.82, 2.24) is 4.90 Å². The van der Waals surface area contributed by atoms with Crippen LogP contribution in [0.25, 0.3) is 0 Å². The van der Waals surface area contributed by atoms with Gasteiger partial charge in [0.2, 0.25) is 5.91 Å². The molecule has 0 unspecified atom stereocenters. The quantitative estimate of drug-likeness (QED) is 0.886. The third kappa shape index (κ3) is 4.94. The summed E-state index contributed by atoms with van der Waals surface area (Å²) >= 11 is 0. The topological polar surface area (TPSA) is 55.6 Å². The van der Waals surface area contributed by atoms with Crippen molar-refractivity contribution >= 4 is 18.3 Å². The van der Waals surface area contributed by atoms with E-state index in [1.165, 1.54) is 0 Å². The molecule has 0 spiro atoms. The number of amides is 1. The molecular weight excluding hydrogens is 252 g/mol. The molecule has 1 aromatic carbocycles. The molecule has 0 heterocycles. The van der Waals surface area contributed by atoms with E-state index >= 15 is 0 Å². The van der Waals surface area contributed by atoms with Crippen molar-refractivity contribution in [2.24, 2.45) is 5.73 Å².